The Bertz CT molecular complexity index is 826. The summed E-state index contributed by atoms with van der Waals surface area (Å²) in [6, 6.07) is 0. The minimum absolute atomic E-state index is 0.0865. The first kappa shape index (κ1) is 17.1. The van der Waals surface area contributed by atoms with Gasteiger partial charge in [0, 0.05) is 25.5 Å². The third kappa shape index (κ3) is 2.85. The van der Waals surface area contributed by atoms with Crippen molar-refractivity contribution in [3.63, 3.8) is 0 Å². The molecule has 0 amide bonds. The van der Waals surface area contributed by atoms with Gasteiger partial charge in [-0.05, 0) is 24.8 Å². The fourth-order valence-electron chi connectivity index (χ4n) is 3.25. The van der Waals surface area contributed by atoms with Crippen LogP contribution in [0.4, 0.5) is 0 Å². The summed E-state index contributed by atoms with van der Waals surface area (Å²) in [4.78, 5) is 30.9. The van der Waals surface area contributed by atoms with E-state index in [1.165, 1.54) is 23.0 Å². The third-order valence-corrected chi connectivity index (χ3v) is 5.50. The lowest BCUT2D eigenvalue weighted by Gasteiger charge is -2.19. The van der Waals surface area contributed by atoms with Gasteiger partial charge in [-0.25, -0.2) is 4.98 Å². The number of carboxylic acid groups (broad SMARTS) is 1. The van der Waals surface area contributed by atoms with Crippen LogP contribution in [0.15, 0.2) is 4.79 Å². The molecule has 0 saturated carbocycles. The van der Waals surface area contributed by atoms with Crippen molar-refractivity contribution in [1.82, 2.24) is 9.55 Å². The van der Waals surface area contributed by atoms with Gasteiger partial charge in [0.1, 0.15) is 17.4 Å². The van der Waals surface area contributed by atoms with Crippen molar-refractivity contribution in [3.8, 4) is 0 Å². The molecular formula is C16H20N2O5S. The molecule has 1 atom stereocenters. The van der Waals surface area contributed by atoms with Crippen LogP contribution in [0.2, 0.25) is 0 Å². The molecule has 0 aliphatic heterocycles. The zero-order chi connectivity index (χ0) is 17.3. The summed E-state index contributed by atoms with van der Waals surface area (Å²) in [6.45, 7) is 0.535. The number of carbonyl (C=O) groups is 1. The molecule has 0 aromatic carbocycles. The van der Waals surface area contributed by atoms with Gasteiger partial charge in [0.25, 0.3) is 5.56 Å². The van der Waals surface area contributed by atoms with Gasteiger partial charge in [-0.1, -0.05) is 0 Å². The molecule has 0 spiro atoms. The molecule has 2 aromatic heterocycles. The first-order valence-electron chi connectivity index (χ1n) is 7.84. The summed E-state index contributed by atoms with van der Waals surface area (Å²) < 4.78 is 11.7. The molecule has 24 heavy (non-hydrogen) atoms. The van der Waals surface area contributed by atoms with Crippen LogP contribution in [0, 0.1) is 0 Å². The molecule has 2 aromatic rings. The van der Waals surface area contributed by atoms with Gasteiger partial charge >= 0.3 is 5.97 Å². The summed E-state index contributed by atoms with van der Waals surface area (Å²) in [6.07, 6.45) is 2.68. The van der Waals surface area contributed by atoms with E-state index in [0.717, 1.165) is 17.7 Å². The molecular weight excluding hydrogens is 332 g/mol. The SMILES string of the molecule is COCCc1nc2sc3c(c2c(=O)n1COC)C(C(=O)O)CCC3. The minimum atomic E-state index is -0.878. The number of methoxy groups -OCH3 is 2. The van der Waals surface area contributed by atoms with Crippen molar-refractivity contribution < 1.29 is 19.4 Å². The Morgan fingerprint density at radius 2 is 2.21 bits per heavy atom. The van der Waals surface area contributed by atoms with Crippen LogP contribution in [0.25, 0.3) is 10.2 Å². The molecule has 2 heterocycles. The molecule has 0 saturated heterocycles. The van der Waals surface area contributed by atoms with Gasteiger partial charge in [0.2, 0.25) is 0 Å². The first-order valence-corrected chi connectivity index (χ1v) is 8.65. The Kier molecular flexibility index (Phi) is 4.98. The molecule has 1 N–H and O–H groups in total. The maximum absolute atomic E-state index is 13.0. The number of aromatic nitrogens is 2. The predicted molar refractivity (Wildman–Crippen MR) is 89.8 cm³/mol. The highest BCUT2D eigenvalue weighted by atomic mass is 32.1. The second kappa shape index (κ2) is 7.00. The van der Waals surface area contributed by atoms with E-state index >= 15 is 0 Å². The van der Waals surface area contributed by atoms with Gasteiger partial charge in [0.05, 0.1) is 17.9 Å². The topological polar surface area (TPSA) is 90.6 Å². The quantitative estimate of drug-likeness (QED) is 0.852. The van der Waals surface area contributed by atoms with E-state index in [0.29, 0.717) is 41.1 Å². The number of aryl methyl sites for hydroxylation is 1. The average Bonchev–Trinajstić information content (AvgIpc) is 2.94. The monoisotopic (exact) mass is 352 g/mol. The largest absolute Gasteiger partial charge is 0.481 e. The Hall–Kier alpha value is -1.77. The molecule has 130 valence electrons. The van der Waals surface area contributed by atoms with E-state index in [2.05, 4.69) is 4.98 Å². The third-order valence-electron chi connectivity index (χ3n) is 4.34. The van der Waals surface area contributed by atoms with E-state index < -0.39 is 11.9 Å². The number of ether oxygens (including phenoxy) is 2. The second-order valence-electron chi connectivity index (χ2n) is 5.82. The first-order chi connectivity index (χ1) is 11.6. The molecule has 0 fully saturated rings. The molecule has 1 aliphatic rings. The molecule has 1 aliphatic carbocycles. The van der Waals surface area contributed by atoms with Crippen LogP contribution in [0.1, 0.15) is 35.0 Å². The van der Waals surface area contributed by atoms with Crippen LogP contribution in [-0.4, -0.2) is 41.5 Å². The molecule has 7 nitrogen and oxygen atoms in total. The summed E-state index contributed by atoms with van der Waals surface area (Å²) >= 11 is 1.44. The maximum Gasteiger partial charge on any atom is 0.311 e. The van der Waals surface area contributed by atoms with Crippen LogP contribution >= 0.6 is 11.3 Å². The van der Waals surface area contributed by atoms with Gasteiger partial charge in [0.15, 0.2) is 0 Å². The zero-order valence-electron chi connectivity index (χ0n) is 13.7. The Morgan fingerprint density at radius 3 is 2.88 bits per heavy atom. The molecule has 0 bridgehead atoms. The van der Waals surface area contributed by atoms with E-state index in [4.69, 9.17) is 9.47 Å². The van der Waals surface area contributed by atoms with Gasteiger partial charge in [-0.2, -0.15) is 0 Å². The maximum atomic E-state index is 13.0. The van der Waals surface area contributed by atoms with Crippen molar-refractivity contribution >= 4 is 27.5 Å². The Balaban J connectivity index is 2.25. The molecule has 3 rings (SSSR count). The fraction of sp³-hybridized carbons (Fsp3) is 0.562. The van der Waals surface area contributed by atoms with Crippen molar-refractivity contribution in [2.75, 3.05) is 20.8 Å². The summed E-state index contributed by atoms with van der Waals surface area (Å²) in [5.74, 6) is -0.906. The number of rotatable bonds is 6. The van der Waals surface area contributed by atoms with Crippen LogP contribution in [0.5, 0.6) is 0 Å². The fourth-order valence-corrected chi connectivity index (χ4v) is 4.54. The minimum Gasteiger partial charge on any atom is -0.481 e. The van der Waals surface area contributed by atoms with E-state index in [-0.39, 0.29) is 12.3 Å². The van der Waals surface area contributed by atoms with Gasteiger partial charge in [-0.3, -0.25) is 14.2 Å². The van der Waals surface area contributed by atoms with Crippen molar-refractivity contribution in [3.05, 3.63) is 26.6 Å². The number of fused-ring (bicyclic) bond motifs is 3. The highest BCUT2D eigenvalue weighted by Crippen LogP contribution is 2.40. The van der Waals surface area contributed by atoms with E-state index in [1.54, 1.807) is 7.11 Å². The Morgan fingerprint density at radius 1 is 1.42 bits per heavy atom. The lowest BCUT2D eigenvalue weighted by Crippen LogP contribution is -2.28. The number of nitrogens with zero attached hydrogens (tertiary/aromatic N) is 2. The van der Waals surface area contributed by atoms with Crippen molar-refractivity contribution in [2.45, 2.75) is 38.3 Å². The predicted octanol–water partition coefficient (Wildman–Crippen LogP) is 1.76. The van der Waals surface area contributed by atoms with E-state index in [1.807, 2.05) is 0 Å². The van der Waals surface area contributed by atoms with Crippen LogP contribution in [0.3, 0.4) is 0 Å². The standard InChI is InChI=1S/C16H20N2O5S/c1-22-7-6-11-17-14-13(15(19)18(11)8-23-2)12-9(16(20)21)4-3-5-10(12)24-14/h9H,3-8H2,1-2H3,(H,20,21). The lowest BCUT2D eigenvalue weighted by molar-refractivity contribution is -0.139. The van der Waals surface area contributed by atoms with Crippen molar-refractivity contribution in [2.24, 2.45) is 0 Å². The lowest BCUT2D eigenvalue weighted by atomic mass is 9.86. The highest BCUT2D eigenvalue weighted by molar-refractivity contribution is 7.18. The highest BCUT2D eigenvalue weighted by Gasteiger charge is 2.32. The summed E-state index contributed by atoms with van der Waals surface area (Å²) in [7, 11) is 3.11. The number of thiophene rings is 1. The Labute approximate surface area is 142 Å². The van der Waals surface area contributed by atoms with Crippen LogP contribution in [-0.2, 0) is 33.8 Å². The van der Waals surface area contributed by atoms with Gasteiger partial charge in [-0.15, -0.1) is 11.3 Å². The summed E-state index contributed by atoms with van der Waals surface area (Å²) in [5.41, 5.74) is 0.438. The summed E-state index contributed by atoms with van der Waals surface area (Å²) in [5, 5.41) is 9.98. The number of hydrogen-bond donors (Lipinski definition) is 1. The molecule has 8 heteroatoms. The number of aliphatic carboxylic acids is 1. The zero-order valence-corrected chi connectivity index (χ0v) is 14.5. The van der Waals surface area contributed by atoms with Crippen LogP contribution < -0.4 is 5.56 Å². The average molecular weight is 352 g/mol. The normalized spacial score (nSPS) is 17.2. The number of hydrogen-bond acceptors (Lipinski definition) is 6. The number of carboxylic acids is 1. The molecule has 1 unspecified atom stereocenters. The second-order valence-corrected chi connectivity index (χ2v) is 6.91. The smallest absolute Gasteiger partial charge is 0.311 e. The van der Waals surface area contributed by atoms with Gasteiger partial charge < -0.3 is 14.6 Å². The van der Waals surface area contributed by atoms with Crippen molar-refractivity contribution in [1.29, 1.82) is 0 Å². The van der Waals surface area contributed by atoms with E-state index in [9.17, 15) is 14.7 Å². The molecule has 0 radical (unpaired) electrons.